The quantitative estimate of drug-likeness (QED) is 0.495. The van der Waals surface area contributed by atoms with Gasteiger partial charge in [-0.25, -0.2) is 0 Å². The third-order valence-corrected chi connectivity index (χ3v) is 5.89. The monoisotopic (exact) mass is 217 g/mol. The Labute approximate surface area is 70.4 Å². The zero-order valence-corrected chi connectivity index (χ0v) is 8.41. The standard InChI is InChI=1S/C4H13NO5P2/c1-2-3-11(6,7)4(5)12(8,9)10/h4H,2-3,5H2,1H3,(H,6,7)(H2,8,9,10). The molecule has 6 nitrogen and oxygen atoms in total. The van der Waals surface area contributed by atoms with Crippen LogP contribution in [0.25, 0.3) is 0 Å². The molecule has 2 unspecified atom stereocenters. The van der Waals surface area contributed by atoms with E-state index in [1.165, 1.54) is 0 Å². The summed E-state index contributed by atoms with van der Waals surface area (Å²) in [5.41, 5.74) is 3.00. The van der Waals surface area contributed by atoms with Gasteiger partial charge in [-0.05, 0) is 6.42 Å². The average molecular weight is 217 g/mol. The summed E-state index contributed by atoms with van der Waals surface area (Å²) in [6.45, 7) is 1.63. The van der Waals surface area contributed by atoms with E-state index in [0.717, 1.165) is 0 Å². The Hall–Kier alpha value is 0.300. The number of hydrogen-bond acceptors (Lipinski definition) is 3. The smallest absolute Gasteiger partial charge is 0.343 e. The van der Waals surface area contributed by atoms with Crippen molar-refractivity contribution in [2.24, 2.45) is 5.73 Å². The lowest BCUT2D eigenvalue weighted by atomic mass is 10.6. The molecule has 2 atom stereocenters. The molecule has 0 bridgehead atoms. The molecule has 0 fully saturated rings. The van der Waals surface area contributed by atoms with E-state index in [0.29, 0.717) is 6.42 Å². The summed E-state index contributed by atoms with van der Waals surface area (Å²) in [6.07, 6.45) is 0.195. The zero-order valence-electron chi connectivity index (χ0n) is 6.62. The molecule has 0 heterocycles. The molecule has 0 aromatic rings. The maximum atomic E-state index is 11.1. The van der Waals surface area contributed by atoms with Crippen LogP contribution in [0.15, 0.2) is 0 Å². The first-order valence-corrected chi connectivity index (χ1v) is 6.93. The molecule has 12 heavy (non-hydrogen) atoms. The highest BCUT2D eigenvalue weighted by molar-refractivity contribution is 7.73. The Bertz CT molecular complexity index is 236. The summed E-state index contributed by atoms with van der Waals surface area (Å²) >= 11 is 0. The summed E-state index contributed by atoms with van der Waals surface area (Å²) in [4.78, 5) is 26.1. The Kier molecular flexibility index (Phi) is 4.11. The third kappa shape index (κ3) is 3.35. The highest BCUT2D eigenvalue weighted by Gasteiger charge is 2.39. The molecule has 5 N–H and O–H groups in total. The predicted octanol–water partition coefficient (Wildman–Crippen LogP) is 0.0868. The molecular formula is C4H13NO5P2. The van der Waals surface area contributed by atoms with Gasteiger partial charge >= 0.3 is 7.60 Å². The van der Waals surface area contributed by atoms with Gasteiger partial charge in [-0.3, -0.25) is 9.13 Å². The Morgan fingerprint density at radius 2 is 1.75 bits per heavy atom. The molecule has 8 heteroatoms. The van der Waals surface area contributed by atoms with Crippen molar-refractivity contribution in [2.45, 2.75) is 18.9 Å². The maximum Gasteiger partial charge on any atom is 0.351 e. The second-order valence-electron chi connectivity index (χ2n) is 2.48. The highest BCUT2D eigenvalue weighted by atomic mass is 31.2. The molecule has 0 aliphatic heterocycles. The van der Waals surface area contributed by atoms with E-state index >= 15 is 0 Å². The van der Waals surface area contributed by atoms with Crippen LogP contribution >= 0.6 is 15.0 Å². The lowest BCUT2D eigenvalue weighted by Gasteiger charge is -2.19. The lowest BCUT2D eigenvalue weighted by molar-refractivity contribution is 0.363. The second-order valence-corrected chi connectivity index (χ2v) is 7.14. The van der Waals surface area contributed by atoms with Crippen LogP contribution in [0.1, 0.15) is 13.3 Å². The second kappa shape index (κ2) is 4.01. The highest BCUT2D eigenvalue weighted by Crippen LogP contribution is 2.59. The minimum Gasteiger partial charge on any atom is -0.343 e. The summed E-state index contributed by atoms with van der Waals surface area (Å²) in [7, 11) is -8.53. The van der Waals surface area contributed by atoms with Crippen molar-refractivity contribution >= 4 is 15.0 Å². The van der Waals surface area contributed by atoms with Crippen LogP contribution < -0.4 is 5.73 Å². The fraction of sp³-hybridized carbons (Fsp3) is 1.00. The summed E-state index contributed by atoms with van der Waals surface area (Å²) in [5, 5.41) is 0. The van der Waals surface area contributed by atoms with Gasteiger partial charge in [0.05, 0.1) is 0 Å². The van der Waals surface area contributed by atoms with E-state index in [9.17, 15) is 9.13 Å². The van der Waals surface area contributed by atoms with Gasteiger partial charge in [0.25, 0.3) is 0 Å². The van der Waals surface area contributed by atoms with Crippen molar-refractivity contribution in [1.82, 2.24) is 0 Å². The van der Waals surface area contributed by atoms with E-state index in [1.54, 1.807) is 6.92 Å². The van der Waals surface area contributed by atoms with Gasteiger partial charge in [-0.15, -0.1) is 0 Å². The summed E-state index contributed by atoms with van der Waals surface area (Å²) < 4.78 is 21.6. The molecule has 0 radical (unpaired) electrons. The molecule has 0 amide bonds. The molecule has 0 saturated heterocycles. The minimum atomic E-state index is -4.64. The van der Waals surface area contributed by atoms with Crippen LogP contribution in [0.4, 0.5) is 0 Å². The van der Waals surface area contributed by atoms with Crippen molar-refractivity contribution in [3.05, 3.63) is 0 Å². The molecular weight excluding hydrogens is 204 g/mol. The largest absolute Gasteiger partial charge is 0.351 e. The minimum absolute atomic E-state index is 0.167. The van der Waals surface area contributed by atoms with Crippen molar-refractivity contribution in [2.75, 3.05) is 6.16 Å². The van der Waals surface area contributed by atoms with Crippen molar-refractivity contribution in [3.8, 4) is 0 Å². The van der Waals surface area contributed by atoms with Crippen LogP contribution in [0.2, 0.25) is 0 Å². The summed E-state index contributed by atoms with van der Waals surface area (Å²) in [6, 6.07) is 0. The molecule has 0 spiro atoms. The first kappa shape index (κ1) is 12.3. The molecule has 0 aliphatic carbocycles. The number of nitrogens with two attached hydrogens (primary N) is 1. The zero-order chi connectivity index (χ0) is 9.99. The SMILES string of the molecule is CCCP(=O)(O)C(N)P(=O)(O)O. The van der Waals surface area contributed by atoms with Gasteiger partial charge in [0, 0.05) is 6.16 Å². The van der Waals surface area contributed by atoms with Crippen LogP contribution in [0, 0.1) is 0 Å². The van der Waals surface area contributed by atoms with Gasteiger partial charge in [-0.1, -0.05) is 6.92 Å². The molecule has 74 valence electrons. The Morgan fingerprint density at radius 3 is 2.00 bits per heavy atom. The van der Waals surface area contributed by atoms with Crippen molar-refractivity contribution < 1.29 is 23.8 Å². The van der Waals surface area contributed by atoms with E-state index < -0.39 is 20.5 Å². The molecule has 0 aliphatic rings. The van der Waals surface area contributed by atoms with Gasteiger partial charge in [0.2, 0.25) is 7.37 Å². The van der Waals surface area contributed by atoms with E-state index in [4.69, 9.17) is 20.4 Å². The van der Waals surface area contributed by atoms with Gasteiger partial charge in [0.1, 0.15) is 0 Å². The van der Waals surface area contributed by atoms with E-state index in [2.05, 4.69) is 0 Å². The van der Waals surface area contributed by atoms with Gasteiger partial charge < -0.3 is 20.4 Å². The molecule has 0 rings (SSSR count). The van der Waals surface area contributed by atoms with Crippen molar-refractivity contribution in [3.63, 3.8) is 0 Å². The van der Waals surface area contributed by atoms with E-state index in [-0.39, 0.29) is 6.16 Å². The first-order chi connectivity index (χ1) is 5.22. The van der Waals surface area contributed by atoms with Gasteiger partial charge in [0.15, 0.2) is 5.52 Å². The fourth-order valence-electron chi connectivity index (χ4n) is 0.688. The van der Waals surface area contributed by atoms with Crippen LogP contribution in [-0.4, -0.2) is 26.4 Å². The predicted molar refractivity (Wildman–Crippen MR) is 45.0 cm³/mol. The van der Waals surface area contributed by atoms with Crippen LogP contribution in [-0.2, 0) is 9.13 Å². The van der Waals surface area contributed by atoms with Crippen LogP contribution in [0.5, 0.6) is 0 Å². The Balaban J connectivity index is 4.58. The lowest BCUT2D eigenvalue weighted by Crippen LogP contribution is -2.21. The first-order valence-electron chi connectivity index (χ1n) is 3.34. The Morgan fingerprint density at radius 1 is 1.33 bits per heavy atom. The third-order valence-electron chi connectivity index (χ3n) is 1.30. The van der Waals surface area contributed by atoms with Crippen LogP contribution in [0.3, 0.4) is 0 Å². The molecule has 0 aromatic carbocycles. The summed E-state index contributed by atoms with van der Waals surface area (Å²) in [5.74, 6) is 0. The maximum absolute atomic E-state index is 11.1. The molecule has 0 aromatic heterocycles. The van der Waals surface area contributed by atoms with E-state index in [1.807, 2.05) is 0 Å². The van der Waals surface area contributed by atoms with Gasteiger partial charge in [-0.2, -0.15) is 0 Å². The number of rotatable bonds is 4. The normalized spacial score (nSPS) is 20.1. The number of hydrogen-bond donors (Lipinski definition) is 4. The van der Waals surface area contributed by atoms with Crippen molar-refractivity contribution in [1.29, 1.82) is 0 Å². The topological polar surface area (TPSA) is 121 Å². The fourth-order valence-corrected chi connectivity index (χ4v) is 3.82. The average Bonchev–Trinajstić information content (AvgIpc) is 1.84. The molecule has 0 saturated carbocycles.